The molecule has 100 valence electrons. The largest absolute Gasteiger partial charge is 0.379 e. The molecule has 0 aromatic heterocycles. The lowest BCUT2D eigenvalue weighted by atomic mass is 10.1. The third-order valence-corrected chi connectivity index (χ3v) is 4.42. The Balaban J connectivity index is 2.16. The van der Waals surface area contributed by atoms with E-state index in [1.807, 2.05) is 18.2 Å². The van der Waals surface area contributed by atoms with E-state index in [0.717, 1.165) is 24.7 Å². The summed E-state index contributed by atoms with van der Waals surface area (Å²) in [5, 5.41) is 3.29. The highest BCUT2D eigenvalue weighted by molar-refractivity contribution is 9.11. The molecule has 0 radical (unpaired) electrons. The Morgan fingerprint density at radius 3 is 2.26 bits per heavy atom. The zero-order chi connectivity index (χ0) is 14.0. The number of aryl methyl sites for hydroxylation is 1. The van der Waals surface area contributed by atoms with Crippen LogP contribution in [0.25, 0.3) is 0 Å². The Labute approximate surface area is 137 Å². The Morgan fingerprint density at radius 1 is 1.05 bits per heavy atom. The summed E-state index contributed by atoms with van der Waals surface area (Å²) in [6.45, 7) is 2.32. The fourth-order valence-electron chi connectivity index (χ4n) is 1.65. The van der Waals surface area contributed by atoms with Crippen LogP contribution in [0.1, 0.15) is 11.1 Å². The van der Waals surface area contributed by atoms with Gasteiger partial charge in [0.25, 0.3) is 0 Å². The van der Waals surface area contributed by atoms with Gasteiger partial charge >= 0.3 is 0 Å². The van der Waals surface area contributed by atoms with Crippen LogP contribution in [0.15, 0.2) is 43.7 Å². The SMILES string of the molecule is Cc1ccc(CNc2c(Br)cc(Br)cc2Br)cc1F. The molecule has 0 aliphatic heterocycles. The van der Waals surface area contributed by atoms with Gasteiger partial charge in [0.15, 0.2) is 0 Å². The first-order chi connectivity index (χ1) is 8.97. The third kappa shape index (κ3) is 3.80. The molecule has 0 aliphatic rings. The number of hydrogen-bond acceptors (Lipinski definition) is 1. The van der Waals surface area contributed by atoms with Crippen LogP contribution >= 0.6 is 47.8 Å². The molecule has 1 nitrogen and oxygen atoms in total. The minimum Gasteiger partial charge on any atom is -0.379 e. The third-order valence-electron chi connectivity index (χ3n) is 2.71. The van der Waals surface area contributed by atoms with Crippen molar-refractivity contribution in [1.29, 1.82) is 0 Å². The first kappa shape index (κ1) is 15.0. The first-order valence-corrected chi connectivity index (χ1v) is 7.98. The summed E-state index contributed by atoms with van der Waals surface area (Å²) >= 11 is 10.4. The van der Waals surface area contributed by atoms with E-state index < -0.39 is 0 Å². The van der Waals surface area contributed by atoms with Gasteiger partial charge in [-0.2, -0.15) is 0 Å². The normalized spacial score (nSPS) is 10.6. The maximum absolute atomic E-state index is 13.5. The second-order valence-corrected chi connectivity index (χ2v) is 6.81. The maximum Gasteiger partial charge on any atom is 0.126 e. The van der Waals surface area contributed by atoms with Crippen LogP contribution in [0.5, 0.6) is 0 Å². The quantitative estimate of drug-likeness (QED) is 0.600. The number of halogens is 4. The second kappa shape index (κ2) is 6.37. The predicted octanol–water partition coefficient (Wildman–Crippen LogP) is 6.03. The summed E-state index contributed by atoms with van der Waals surface area (Å²) in [6, 6.07) is 9.19. The molecule has 0 bridgehead atoms. The summed E-state index contributed by atoms with van der Waals surface area (Å²) in [6.07, 6.45) is 0. The van der Waals surface area contributed by atoms with Gasteiger partial charge in [0, 0.05) is 20.0 Å². The van der Waals surface area contributed by atoms with Crippen molar-refractivity contribution in [3.05, 3.63) is 60.7 Å². The van der Waals surface area contributed by atoms with Crippen molar-refractivity contribution in [2.24, 2.45) is 0 Å². The molecular weight excluding hydrogens is 441 g/mol. The first-order valence-electron chi connectivity index (χ1n) is 5.61. The van der Waals surface area contributed by atoms with Gasteiger partial charge in [0.1, 0.15) is 5.82 Å². The molecule has 0 atom stereocenters. The Morgan fingerprint density at radius 2 is 1.68 bits per heavy atom. The molecule has 0 heterocycles. The standard InChI is InChI=1S/C14H11Br3FN/c1-8-2-3-9(4-13(8)18)7-19-14-11(16)5-10(15)6-12(14)17/h2-6,19H,7H2,1H3. The average Bonchev–Trinajstić information content (AvgIpc) is 2.32. The number of hydrogen-bond donors (Lipinski definition) is 1. The highest BCUT2D eigenvalue weighted by Gasteiger charge is 2.07. The van der Waals surface area contributed by atoms with E-state index in [4.69, 9.17) is 0 Å². The van der Waals surface area contributed by atoms with Gasteiger partial charge in [-0.3, -0.25) is 0 Å². The van der Waals surface area contributed by atoms with Gasteiger partial charge < -0.3 is 5.32 Å². The van der Waals surface area contributed by atoms with Crippen molar-refractivity contribution >= 4 is 53.5 Å². The lowest BCUT2D eigenvalue weighted by Crippen LogP contribution is -2.01. The van der Waals surface area contributed by atoms with Crippen LogP contribution in [0, 0.1) is 12.7 Å². The number of benzene rings is 2. The lowest BCUT2D eigenvalue weighted by molar-refractivity contribution is 0.616. The Bertz CT molecular complexity index is 591. The smallest absolute Gasteiger partial charge is 0.126 e. The van der Waals surface area contributed by atoms with E-state index in [1.54, 1.807) is 19.1 Å². The van der Waals surface area contributed by atoms with Gasteiger partial charge in [0.2, 0.25) is 0 Å². The molecule has 0 spiro atoms. The lowest BCUT2D eigenvalue weighted by Gasteiger charge is -2.12. The molecule has 2 aromatic carbocycles. The minimum atomic E-state index is -0.173. The molecule has 2 aromatic rings. The molecule has 0 unspecified atom stereocenters. The van der Waals surface area contributed by atoms with Crippen molar-refractivity contribution in [3.63, 3.8) is 0 Å². The van der Waals surface area contributed by atoms with Crippen molar-refractivity contribution in [3.8, 4) is 0 Å². The fraction of sp³-hybridized carbons (Fsp3) is 0.143. The van der Waals surface area contributed by atoms with E-state index in [-0.39, 0.29) is 5.82 Å². The van der Waals surface area contributed by atoms with Gasteiger partial charge in [-0.15, -0.1) is 0 Å². The average molecular weight is 452 g/mol. The zero-order valence-corrected chi connectivity index (χ0v) is 14.9. The number of rotatable bonds is 3. The van der Waals surface area contributed by atoms with Gasteiger partial charge in [-0.1, -0.05) is 28.1 Å². The highest BCUT2D eigenvalue weighted by atomic mass is 79.9. The zero-order valence-electron chi connectivity index (χ0n) is 10.1. The second-order valence-electron chi connectivity index (χ2n) is 4.18. The minimum absolute atomic E-state index is 0.173. The van der Waals surface area contributed by atoms with E-state index in [1.165, 1.54) is 0 Å². The van der Waals surface area contributed by atoms with E-state index >= 15 is 0 Å². The molecule has 0 saturated heterocycles. The van der Waals surface area contributed by atoms with Gasteiger partial charge in [-0.05, 0) is 68.1 Å². The summed E-state index contributed by atoms with van der Waals surface area (Å²) in [5.41, 5.74) is 2.52. The Hall–Kier alpha value is -0.390. The van der Waals surface area contributed by atoms with E-state index in [2.05, 4.69) is 53.1 Å². The van der Waals surface area contributed by atoms with Crippen molar-refractivity contribution in [1.82, 2.24) is 0 Å². The van der Waals surface area contributed by atoms with Crippen LogP contribution in [0.3, 0.4) is 0 Å². The van der Waals surface area contributed by atoms with Crippen LogP contribution < -0.4 is 5.32 Å². The van der Waals surface area contributed by atoms with Crippen molar-refractivity contribution in [2.75, 3.05) is 5.32 Å². The molecule has 1 N–H and O–H groups in total. The predicted molar refractivity (Wildman–Crippen MR) is 88.0 cm³/mol. The summed E-state index contributed by atoms with van der Waals surface area (Å²) in [5.74, 6) is -0.173. The summed E-state index contributed by atoms with van der Waals surface area (Å²) in [4.78, 5) is 0. The number of nitrogens with one attached hydrogen (secondary N) is 1. The monoisotopic (exact) mass is 449 g/mol. The topological polar surface area (TPSA) is 12.0 Å². The van der Waals surface area contributed by atoms with Crippen LogP contribution in [0.4, 0.5) is 10.1 Å². The summed E-state index contributed by atoms with van der Waals surface area (Å²) < 4.78 is 16.3. The maximum atomic E-state index is 13.5. The van der Waals surface area contributed by atoms with E-state index in [0.29, 0.717) is 12.1 Å². The summed E-state index contributed by atoms with van der Waals surface area (Å²) in [7, 11) is 0. The molecule has 5 heteroatoms. The Kier molecular flexibility index (Phi) is 5.03. The molecule has 0 amide bonds. The van der Waals surface area contributed by atoms with Crippen molar-refractivity contribution < 1.29 is 4.39 Å². The molecule has 2 rings (SSSR count). The van der Waals surface area contributed by atoms with Crippen LogP contribution in [-0.4, -0.2) is 0 Å². The van der Waals surface area contributed by atoms with Crippen LogP contribution in [-0.2, 0) is 6.54 Å². The van der Waals surface area contributed by atoms with Gasteiger partial charge in [0.05, 0.1) is 5.69 Å². The number of anilines is 1. The van der Waals surface area contributed by atoms with Crippen LogP contribution in [0.2, 0.25) is 0 Å². The fourth-order valence-corrected chi connectivity index (χ4v) is 4.19. The molecule has 19 heavy (non-hydrogen) atoms. The highest BCUT2D eigenvalue weighted by Crippen LogP contribution is 2.34. The molecule has 0 aliphatic carbocycles. The van der Waals surface area contributed by atoms with Crippen molar-refractivity contribution in [2.45, 2.75) is 13.5 Å². The van der Waals surface area contributed by atoms with Gasteiger partial charge in [-0.25, -0.2) is 4.39 Å². The molecule has 0 saturated carbocycles. The molecular formula is C14H11Br3FN. The van der Waals surface area contributed by atoms with E-state index in [9.17, 15) is 4.39 Å². The molecule has 0 fully saturated rings.